The van der Waals surface area contributed by atoms with E-state index in [1.54, 1.807) is 7.05 Å². The Bertz CT molecular complexity index is 353. The summed E-state index contributed by atoms with van der Waals surface area (Å²) < 4.78 is 13.9. The first-order chi connectivity index (χ1) is 7.22. The number of thioether (sulfide) groups is 1. The van der Waals surface area contributed by atoms with E-state index in [4.69, 9.17) is 0 Å². The first kappa shape index (κ1) is 11.0. The molecule has 0 bridgehead atoms. The van der Waals surface area contributed by atoms with Crippen LogP contribution in [0.4, 0.5) is 4.39 Å². The molecule has 0 spiro atoms. The van der Waals surface area contributed by atoms with Crippen molar-refractivity contribution in [1.82, 2.24) is 5.32 Å². The largest absolute Gasteiger partial charge is 0.314 e. The average molecular weight is 225 g/mol. The summed E-state index contributed by atoms with van der Waals surface area (Å²) in [6, 6.07) is 5.86. The Morgan fingerprint density at radius 3 is 3.00 bits per heavy atom. The van der Waals surface area contributed by atoms with Crippen LogP contribution in [0.1, 0.15) is 24.2 Å². The summed E-state index contributed by atoms with van der Waals surface area (Å²) in [6.07, 6.45) is 0.209. The normalized spacial score (nSPS) is 18.6. The second-order valence-corrected chi connectivity index (χ2v) is 5.08. The first-order valence-electron chi connectivity index (χ1n) is 5.29. The van der Waals surface area contributed by atoms with Gasteiger partial charge in [-0.05, 0) is 37.6 Å². The van der Waals surface area contributed by atoms with Crippen LogP contribution in [0.5, 0.6) is 0 Å². The van der Waals surface area contributed by atoms with Crippen molar-refractivity contribution in [3.63, 3.8) is 0 Å². The van der Waals surface area contributed by atoms with Gasteiger partial charge >= 0.3 is 0 Å². The number of hydrogen-bond donors (Lipinski definition) is 1. The Morgan fingerprint density at radius 2 is 2.27 bits per heavy atom. The monoisotopic (exact) mass is 225 g/mol. The number of fused-ring (bicyclic) bond motifs is 1. The van der Waals surface area contributed by atoms with Crippen molar-refractivity contribution in [1.29, 1.82) is 0 Å². The van der Waals surface area contributed by atoms with Crippen molar-refractivity contribution in [3.05, 3.63) is 29.3 Å². The third-order valence-electron chi connectivity index (χ3n) is 2.93. The SMILES string of the molecule is CNC(C)C(F)c1ccc2c(c1)SCC2. The molecule has 1 N–H and O–H groups in total. The third kappa shape index (κ3) is 2.18. The van der Waals surface area contributed by atoms with Crippen LogP contribution in [0.3, 0.4) is 0 Å². The maximum Gasteiger partial charge on any atom is 0.140 e. The average Bonchev–Trinajstić information content (AvgIpc) is 2.73. The van der Waals surface area contributed by atoms with Gasteiger partial charge in [0.1, 0.15) is 6.17 Å². The fraction of sp³-hybridized carbons (Fsp3) is 0.500. The number of alkyl halides is 1. The van der Waals surface area contributed by atoms with Crippen LogP contribution >= 0.6 is 11.8 Å². The lowest BCUT2D eigenvalue weighted by molar-refractivity contribution is 0.275. The van der Waals surface area contributed by atoms with Gasteiger partial charge < -0.3 is 5.32 Å². The lowest BCUT2D eigenvalue weighted by Gasteiger charge is -2.16. The highest BCUT2D eigenvalue weighted by molar-refractivity contribution is 7.99. The van der Waals surface area contributed by atoms with E-state index in [1.807, 2.05) is 30.8 Å². The van der Waals surface area contributed by atoms with E-state index in [1.165, 1.54) is 10.5 Å². The Morgan fingerprint density at radius 1 is 1.47 bits per heavy atom. The number of rotatable bonds is 3. The molecule has 1 aliphatic heterocycles. The summed E-state index contributed by atoms with van der Waals surface area (Å²) in [5.74, 6) is 1.14. The van der Waals surface area contributed by atoms with Crippen LogP contribution in [0, 0.1) is 0 Å². The molecule has 15 heavy (non-hydrogen) atoms. The van der Waals surface area contributed by atoms with Gasteiger partial charge in [0.05, 0.1) is 0 Å². The summed E-state index contributed by atoms with van der Waals surface area (Å²) in [5, 5.41) is 2.95. The van der Waals surface area contributed by atoms with Crippen LogP contribution in [-0.2, 0) is 6.42 Å². The fourth-order valence-corrected chi connectivity index (χ4v) is 2.91. The minimum atomic E-state index is -0.915. The molecular weight excluding hydrogens is 209 g/mol. The second kappa shape index (κ2) is 4.54. The predicted molar refractivity (Wildman–Crippen MR) is 63.2 cm³/mol. The van der Waals surface area contributed by atoms with Crippen molar-refractivity contribution in [2.24, 2.45) is 0 Å². The van der Waals surface area contributed by atoms with Crippen LogP contribution in [0.2, 0.25) is 0 Å². The number of likely N-dealkylation sites (N-methyl/N-ethyl adjacent to an activating group) is 1. The summed E-state index contributed by atoms with van der Waals surface area (Å²) in [6.45, 7) is 1.87. The molecule has 1 nitrogen and oxygen atoms in total. The first-order valence-corrected chi connectivity index (χ1v) is 6.28. The van der Waals surface area contributed by atoms with Crippen LogP contribution in [0.15, 0.2) is 23.1 Å². The molecule has 1 aromatic rings. The molecule has 0 fully saturated rings. The standard InChI is InChI=1S/C12H16FNS/c1-8(14-2)12(13)10-4-3-9-5-6-15-11(9)7-10/h3-4,7-8,12,14H,5-6H2,1-2H3. The third-order valence-corrected chi connectivity index (χ3v) is 4.03. The molecule has 3 heteroatoms. The molecule has 2 unspecified atom stereocenters. The number of aryl methyl sites for hydroxylation is 1. The number of halogens is 1. The highest BCUT2D eigenvalue weighted by Crippen LogP contribution is 2.34. The molecular formula is C12H16FNS. The van der Waals surface area contributed by atoms with Crippen molar-refractivity contribution in [2.45, 2.75) is 30.5 Å². The molecule has 0 amide bonds. The van der Waals surface area contributed by atoms with Gasteiger partial charge in [0.15, 0.2) is 0 Å². The minimum absolute atomic E-state index is 0.130. The molecule has 0 saturated heterocycles. The highest BCUT2D eigenvalue weighted by Gasteiger charge is 2.19. The van der Waals surface area contributed by atoms with Gasteiger partial charge in [-0.1, -0.05) is 12.1 Å². The van der Waals surface area contributed by atoms with Crippen LogP contribution in [-0.4, -0.2) is 18.8 Å². The van der Waals surface area contributed by atoms with E-state index >= 15 is 0 Å². The summed E-state index contributed by atoms with van der Waals surface area (Å²) in [4.78, 5) is 1.26. The number of hydrogen-bond acceptors (Lipinski definition) is 2. The highest BCUT2D eigenvalue weighted by atomic mass is 32.2. The van der Waals surface area contributed by atoms with E-state index in [-0.39, 0.29) is 6.04 Å². The van der Waals surface area contributed by atoms with E-state index in [0.717, 1.165) is 17.7 Å². The summed E-state index contributed by atoms with van der Waals surface area (Å²) in [5.41, 5.74) is 2.16. The molecule has 0 radical (unpaired) electrons. The number of benzene rings is 1. The van der Waals surface area contributed by atoms with Crippen molar-refractivity contribution in [3.8, 4) is 0 Å². The summed E-state index contributed by atoms with van der Waals surface area (Å²) in [7, 11) is 1.79. The maximum atomic E-state index is 13.9. The Hall–Kier alpha value is -0.540. The van der Waals surface area contributed by atoms with Crippen molar-refractivity contribution in [2.75, 3.05) is 12.8 Å². The molecule has 1 aromatic carbocycles. The maximum absolute atomic E-state index is 13.9. The molecule has 0 saturated carbocycles. The van der Waals surface area contributed by atoms with Gasteiger partial charge in [0.25, 0.3) is 0 Å². The van der Waals surface area contributed by atoms with Gasteiger partial charge in [0, 0.05) is 16.7 Å². The summed E-state index contributed by atoms with van der Waals surface area (Å²) >= 11 is 1.83. The van der Waals surface area contributed by atoms with E-state index in [9.17, 15) is 4.39 Å². The molecule has 2 rings (SSSR count). The molecule has 1 aliphatic rings. The van der Waals surface area contributed by atoms with Crippen molar-refractivity contribution >= 4 is 11.8 Å². The predicted octanol–water partition coefficient (Wildman–Crippen LogP) is 2.95. The van der Waals surface area contributed by atoms with Crippen molar-refractivity contribution < 1.29 is 4.39 Å². The van der Waals surface area contributed by atoms with E-state index in [0.29, 0.717) is 0 Å². The Labute approximate surface area is 94.5 Å². The van der Waals surface area contributed by atoms with Gasteiger partial charge in [-0.25, -0.2) is 4.39 Å². The number of nitrogens with one attached hydrogen (secondary N) is 1. The molecule has 1 heterocycles. The van der Waals surface area contributed by atoms with Gasteiger partial charge in [0.2, 0.25) is 0 Å². The zero-order valence-electron chi connectivity index (χ0n) is 9.09. The van der Waals surface area contributed by atoms with E-state index < -0.39 is 6.17 Å². The molecule has 2 atom stereocenters. The fourth-order valence-electron chi connectivity index (χ4n) is 1.79. The van der Waals surface area contributed by atoms with Gasteiger partial charge in [-0.3, -0.25) is 0 Å². The minimum Gasteiger partial charge on any atom is -0.314 e. The van der Waals surface area contributed by atoms with Gasteiger partial charge in [-0.15, -0.1) is 11.8 Å². The molecule has 0 aliphatic carbocycles. The quantitative estimate of drug-likeness (QED) is 0.849. The van der Waals surface area contributed by atoms with Gasteiger partial charge in [-0.2, -0.15) is 0 Å². The lowest BCUT2D eigenvalue weighted by atomic mass is 10.0. The zero-order chi connectivity index (χ0) is 10.8. The Kier molecular flexibility index (Phi) is 3.32. The van der Waals surface area contributed by atoms with Crippen LogP contribution < -0.4 is 5.32 Å². The topological polar surface area (TPSA) is 12.0 Å². The molecule has 82 valence electrons. The zero-order valence-corrected chi connectivity index (χ0v) is 9.90. The van der Waals surface area contributed by atoms with E-state index in [2.05, 4.69) is 11.4 Å². The molecule has 0 aromatic heterocycles. The smallest absolute Gasteiger partial charge is 0.140 e. The lowest BCUT2D eigenvalue weighted by Crippen LogP contribution is -2.26. The second-order valence-electron chi connectivity index (χ2n) is 3.94. The van der Waals surface area contributed by atoms with Crippen LogP contribution in [0.25, 0.3) is 0 Å². The Balaban J connectivity index is 2.22.